The van der Waals surface area contributed by atoms with Crippen molar-refractivity contribution in [3.8, 4) is 5.75 Å². The summed E-state index contributed by atoms with van der Waals surface area (Å²) in [5, 5.41) is 0.505. The van der Waals surface area contributed by atoms with E-state index in [0.717, 1.165) is 11.8 Å². The van der Waals surface area contributed by atoms with E-state index in [1.165, 1.54) is 19.4 Å². The largest absolute Gasteiger partial charge is 0.495 e. The number of hydrogen-bond acceptors (Lipinski definition) is 3. The molecule has 0 amide bonds. The Morgan fingerprint density at radius 3 is 2.72 bits per heavy atom. The topological polar surface area (TPSA) is 48.1 Å². The number of pyridine rings is 1. The van der Waals surface area contributed by atoms with Crippen LogP contribution >= 0.6 is 11.6 Å². The minimum atomic E-state index is -0.473. The van der Waals surface area contributed by atoms with Crippen LogP contribution in [0.3, 0.4) is 0 Å². The molecule has 2 rings (SSSR count). The molecule has 0 aliphatic carbocycles. The summed E-state index contributed by atoms with van der Waals surface area (Å²) in [5.41, 5.74) is 7.43. The lowest BCUT2D eigenvalue weighted by Gasteiger charge is -2.14. The first kappa shape index (κ1) is 12.8. The smallest absolute Gasteiger partial charge is 0.141 e. The minimum absolute atomic E-state index is 0.413. The number of methoxy groups -OCH3 is 1. The van der Waals surface area contributed by atoms with Gasteiger partial charge in [0, 0.05) is 6.20 Å². The van der Waals surface area contributed by atoms with Crippen LogP contribution in [-0.2, 0) is 0 Å². The van der Waals surface area contributed by atoms with Gasteiger partial charge in [-0.1, -0.05) is 17.7 Å². The van der Waals surface area contributed by atoms with Crippen molar-refractivity contribution in [2.45, 2.75) is 6.04 Å². The Hall–Kier alpha value is -1.65. The first-order valence-corrected chi connectivity index (χ1v) is 5.69. The highest BCUT2D eigenvalue weighted by molar-refractivity contribution is 6.32. The van der Waals surface area contributed by atoms with Crippen molar-refractivity contribution in [2.75, 3.05) is 7.11 Å². The van der Waals surface area contributed by atoms with Gasteiger partial charge in [-0.3, -0.25) is 4.98 Å². The van der Waals surface area contributed by atoms with Crippen molar-refractivity contribution in [3.63, 3.8) is 0 Å². The quantitative estimate of drug-likeness (QED) is 0.929. The number of nitrogens with two attached hydrogens (primary N) is 1. The number of hydrogen-bond donors (Lipinski definition) is 1. The Morgan fingerprint density at radius 2 is 2.06 bits per heavy atom. The molecule has 2 N–H and O–H groups in total. The number of halogens is 2. The van der Waals surface area contributed by atoms with E-state index in [0.29, 0.717) is 16.3 Å². The van der Waals surface area contributed by atoms with Crippen molar-refractivity contribution in [2.24, 2.45) is 5.73 Å². The van der Waals surface area contributed by atoms with Crippen LogP contribution in [0.4, 0.5) is 4.39 Å². The van der Waals surface area contributed by atoms with E-state index in [1.54, 1.807) is 18.2 Å². The van der Waals surface area contributed by atoms with Gasteiger partial charge in [-0.05, 0) is 29.3 Å². The van der Waals surface area contributed by atoms with Crippen LogP contribution in [-0.4, -0.2) is 12.1 Å². The van der Waals surface area contributed by atoms with Gasteiger partial charge in [0.1, 0.15) is 11.6 Å². The van der Waals surface area contributed by atoms with Gasteiger partial charge in [0.05, 0.1) is 24.4 Å². The Morgan fingerprint density at radius 1 is 1.28 bits per heavy atom. The molecular formula is C13H12ClFN2O. The predicted octanol–water partition coefficient (Wildman–Crippen LogP) is 2.93. The van der Waals surface area contributed by atoms with E-state index >= 15 is 0 Å². The summed E-state index contributed by atoms with van der Waals surface area (Å²) in [6, 6.07) is 6.10. The molecule has 0 saturated heterocycles. The molecule has 0 aliphatic heterocycles. The molecule has 1 atom stereocenters. The number of ether oxygens (including phenoxy) is 1. The molecule has 3 nitrogen and oxygen atoms in total. The van der Waals surface area contributed by atoms with Crippen molar-refractivity contribution in [3.05, 3.63) is 58.6 Å². The zero-order valence-corrected chi connectivity index (χ0v) is 10.5. The monoisotopic (exact) mass is 266 g/mol. The Balaban J connectivity index is 2.36. The van der Waals surface area contributed by atoms with Gasteiger partial charge in [0.25, 0.3) is 0 Å². The molecule has 1 aromatic heterocycles. The van der Waals surface area contributed by atoms with E-state index in [-0.39, 0.29) is 0 Å². The summed E-state index contributed by atoms with van der Waals surface area (Å²) in [7, 11) is 1.53. The zero-order valence-electron chi connectivity index (χ0n) is 9.73. The highest BCUT2D eigenvalue weighted by atomic mass is 35.5. The van der Waals surface area contributed by atoms with Crippen LogP contribution in [0, 0.1) is 5.82 Å². The summed E-state index contributed by atoms with van der Waals surface area (Å²) in [5.74, 6) is 0.123. The third-order valence-corrected chi connectivity index (χ3v) is 2.93. The fourth-order valence-corrected chi connectivity index (χ4v) is 1.86. The van der Waals surface area contributed by atoms with E-state index in [1.807, 2.05) is 0 Å². The van der Waals surface area contributed by atoms with E-state index in [4.69, 9.17) is 22.1 Å². The number of benzene rings is 1. The van der Waals surface area contributed by atoms with Gasteiger partial charge in [-0.25, -0.2) is 4.39 Å². The summed E-state index contributed by atoms with van der Waals surface area (Å²) < 4.78 is 18.2. The molecule has 0 fully saturated rings. The van der Waals surface area contributed by atoms with E-state index < -0.39 is 11.9 Å². The first-order chi connectivity index (χ1) is 8.61. The fourth-order valence-electron chi connectivity index (χ4n) is 1.66. The van der Waals surface area contributed by atoms with Gasteiger partial charge in [0.15, 0.2) is 0 Å². The molecule has 1 heterocycles. The Kier molecular flexibility index (Phi) is 3.79. The van der Waals surface area contributed by atoms with Crippen molar-refractivity contribution < 1.29 is 9.13 Å². The van der Waals surface area contributed by atoms with Gasteiger partial charge >= 0.3 is 0 Å². The molecule has 0 spiro atoms. The lowest BCUT2D eigenvalue weighted by molar-refractivity contribution is 0.414. The molecular weight excluding hydrogens is 255 g/mol. The van der Waals surface area contributed by atoms with Gasteiger partial charge in [0.2, 0.25) is 0 Å². The maximum atomic E-state index is 13.1. The molecule has 1 unspecified atom stereocenters. The summed E-state index contributed by atoms with van der Waals surface area (Å²) >= 11 is 5.93. The van der Waals surface area contributed by atoms with E-state index in [2.05, 4.69) is 4.98 Å². The molecule has 2 aromatic rings. The van der Waals surface area contributed by atoms with Crippen LogP contribution < -0.4 is 10.5 Å². The van der Waals surface area contributed by atoms with Crippen molar-refractivity contribution in [1.82, 2.24) is 4.98 Å². The van der Waals surface area contributed by atoms with Crippen molar-refractivity contribution in [1.29, 1.82) is 0 Å². The second-order valence-electron chi connectivity index (χ2n) is 3.81. The second kappa shape index (κ2) is 5.33. The average molecular weight is 267 g/mol. The summed E-state index contributed by atoms with van der Waals surface area (Å²) in [4.78, 5) is 3.78. The molecule has 0 bridgehead atoms. The lowest BCUT2D eigenvalue weighted by Crippen LogP contribution is -2.12. The standard InChI is InChI=1S/C13H12ClFN2O/c1-18-12-5-8(2-3-11(12)14)13(16)9-4-10(15)7-17-6-9/h2-7,13H,16H2,1H3. The predicted molar refractivity (Wildman–Crippen MR) is 68.2 cm³/mol. The fraction of sp³-hybridized carbons (Fsp3) is 0.154. The zero-order chi connectivity index (χ0) is 13.1. The highest BCUT2D eigenvalue weighted by Crippen LogP contribution is 2.29. The van der Waals surface area contributed by atoms with Crippen LogP contribution in [0.1, 0.15) is 17.2 Å². The van der Waals surface area contributed by atoms with Crippen molar-refractivity contribution >= 4 is 11.6 Å². The number of aromatic nitrogens is 1. The third kappa shape index (κ3) is 2.60. The molecule has 94 valence electrons. The minimum Gasteiger partial charge on any atom is -0.495 e. The maximum Gasteiger partial charge on any atom is 0.141 e. The van der Waals surface area contributed by atoms with E-state index in [9.17, 15) is 4.39 Å². The van der Waals surface area contributed by atoms with Crippen LogP contribution in [0.2, 0.25) is 5.02 Å². The molecule has 0 radical (unpaired) electrons. The lowest BCUT2D eigenvalue weighted by atomic mass is 10.0. The second-order valence-corrected chi connectivity index (χ2v) is 4.22. The molecule has 18 heavy (non-hydrogen) atoms. The number of rotatable bonds is 3. The molecule has 0 aliphatic rings. The highest BCUT2D eigenvalue weighted by Gasteiger charge is 2.12. The first-order valence-electron chi connectivity index (χ1n) is 5.31. The maximum absolute atomic E-state index is 13.1. The summed E-state index contributed by atoms with van der Waals surface area (Å²) in [6.45, 7) is 0. The van der Waals surface area contributed by atoms with Crippen LogP contribution in [0.25, 0.3) is 0 Å². The van der Waals surface area contributed by atoms with Crippen LogP contribution in [0.15, 0.2) is 36.7 Å². The van der Waals surface area contributed by atoms with Gasteiger partial charge in [-0.15, -0.1) is 0 Å². The number of nitrogens with zero attached hydrogens (tertiary/aromatic N) is 1. The molecule has 0 saturated carbocycles. The van der Waals surface area contributed by atoms with Gasteiger partial charge in [-0.2, -0.15) is 0 Å². The van der Waals surface area contributed by atoms with Crippen LogP contribution in [0.5, 0.6) is 5.75 Å². The Labute approximate surface area is 109 Å². The third-order valence-electron chi connectivity index (χ3n) is 2.62. The SMILES string of the molecule is COc1cc(C(N)c2cncc(F)c2)ccc1Cl. The summed E-state index contributed by atoms with van der Waals surface area (Å²) in [6.07, 6.45) is 2.67. The Bertz CT molecular complexity index is 562. The molecule has 1 aromatic carbocycles. The normalized spacial score (nSPS) is 12.2. The van der Waals surface area contributed by atoms with Gasteiger partial charge < -0.3 is 10.5 Å². The average Bonchev–Trinajstić information content (AvgIpc) is 2.38. The molecule has 5 heteroatoms.